The molecule has 0 atom stereocenters. The number of aromatic nitrogens is 4. The second-order valence-electron chi connectivity index (χ2n) is 7.00. The van der Waals surface area contributed by atoms with Crippen molar-refractivity contribution in [2.75, 3.05) is 6.54 Å². The molecule has 0 saturated carbocycles. The maximum absolute atomic E-state index is 12.7. The summed E-state index contributed by atoms with van der Waals surface area (Å²) in [6, 6.07) is 10.2. The number of hydrogen-bond acceptors (Lipinski definition) is 5. The van der Waals surface area contributed by atoms with E-state index in [1.54, 1.807) is 9.58 Å². The van der Waals surface area contributed by atoms with Gasteiger partial charge in [0.2, 0.25) is 0 Å². The zero-order valence-corrected chi connectivity index (χ0v) is 15.9. The molecule has 0 fully saturated rings. The van der Waals surface area contributed by atoms with Crippen molar-refractivity contribution in [2.24, 2.45) is 0 Å². The van der Waals surface area contributed by atoms with Crippen LogP contribution in [-0.4, -0.2) is 48.2 Å². The van der Waals surface area contributed by atoms with Crippen LogP contribution in [0.3, 0.4) is 0 Å². The number of hydrogen-bond donors (Lipinski definition) is 1. The molecule has 0 aliphatic carbocycles. The molecule has 1 aromatic carbocycles. The molecule has 1 amide bonds. The highest BCUT2D eigenvalue weighted by molar-refractivity contribution is 5.94. The molecule has 8 heteroatoms. The van der Waals surface area contributed by atoms with Crippen molar-refractivity contribution in [3.8, 4) is 0 Å². The van der Waals surface area contributed by atoms with Gasteiger partial charge < -0.3 is 10.0 Å². The third-order valence-electron chi connectivity index (χ3n) is 5.11. The van der Waals surface area contributed by atoms with Gasteiger partial charge in [0.15, 0.2) is 5.69 Å². The predicted octanol–water partition coefficient (Wildman–Crippen LogP) is 2.20. The summed E-state index contributed by atoms with van der Waals surface area (Å²) in [6.45, 7) is 1.37. The molecule has 1 N–H and O–H groups in total. The lowest BCUT2D eigenvalue weighted by Gasteiger charge is -2.27. The molecule has 2 aromatic heterocycles. The number of fused-ring (bicyclic) bond motifs is 1. The summed E-state index contributed by atoms with van der Waals surface area (Å²) >= 11 is 0. The fourth-order valence-corrected chi connectivity index (χ4v) is 3.69. The minimum Gasteiger partial charge on any atom is -0.476 e. The van der Waals surface area contributed by atoms with E-state index >= 15 is 0 Å². The van der Waals surface area contributed by atoms with Gasteiger partial charge in [-0.2, -0.15) is 5.10 Å². The Hall–Kier alpha value is -3.55. The summed E-state index contributed by atoms with van der Waals surface area (Å²) in [7, 11) is 0. The second-order valence-corrected chi connectivity index (χ2v) is 7.00. The number of carboxylic acid groups (broad SMARTS) is 1. The summed E-state index contributed by atoms with van der Waals surface area (Å²) in [6.07, 6.45) is 6.64. The number of nitrogens with zero attached hydrogens (tertiary/aromatic N) is 5. The van der Waals surface area contributed by atoms with E-state index in [4.69, 9.17) is 0 Å². The quantitative estimate of drug-likeness (QED) is 0.691. The van der Waals surface area contributed by atoms with Crippen LogP contribution < -0.4 is 0 Å². The number of carbonyl (C=O) groups is 2. The van der Waals surface area contributed by atoms with Gasteiger partial charge in [0.25, 0.3) is 5.91 Å². The lowest BCUT2D eigenvalue weighted by molar-refractivity contribution is 0.0674. The van der Waals surface area contributed by atoms with E-state index < -0.39 is 5.97 Å². The SMILES string of the molecule is O=C(O)c1nn(CCCc2ccccc2)c2c1CN(C(=O)c1cncnc1)CC2. The Morgan fingerprint density at radius 1 is 1.10 bits per heavy atom. The summed E-state index contributed by atoms with van der Waals surface area (Å²) in [5, 5.41) is 13.9. The molecule has 4 rings (SSSR count). The van der Waals surface area contributed by atoms with Crippen molar-refractivity contribution in [1.82, 2.24) is 24.6 Å². The van der Waals surface area contributed by atoms with Crippen LogP contribution in [-0.2, 0) is 25.9 Å². The molecular formula is C21H21N5O3. The van der Waals surface area contributed by atoms with E-state index in [0.29, 0.717) is 30.6 Å². The molecule has 3 aromatic rings. The Bertz CT molecular complexity index is 1020. The average molecular weight is 391 g/mol. The van der Waals surface area contributed by atoms with Crippen molar-refractivity contribution < 1.29 is 14.7 Å². The Morgan fingerprint density at radius 3 is 2.59 bits per heavy atom. The van der Waals surface area contributed by atoms with Crippen LogP contribution in [0.4, 0.5) is 0 Å². The van der Waals surface area contributed by atoms with Gasteiger partial charge in [-0.25, -0.2) is 14.8 Å². The van der Waals surface area contributed by atoms with Crippen molar-refractivity contribution in [1.29, 1.82) is 0 Å². The number of aromatic carboxylic acids is 1. The van der Waals surface area contributed by atoms with Gasteiger partial charge in [0.1, 0.15) is 6.33 Å². The third kappa shape index (κ3) is 4.01. The van der Waals surface area contributed by atoms with E-state index in [2.05, 4.69) is 27.2 Å². The highest BCUT2D eigenvalue weighted by Crippen LogP contribution is 2.24. The normalized spacial score (nSPS) is 13.2. The lowest BCUT2D eigenvalue weighted by atomic mass is 10.0. The number of carboxylic acids is 1. The lowest BCUT2D eigenvalue weighted by Crippen LogP contribution is -2.36. The van der Waals surface area contributed by atoms with Gasteiger partial charge in [-0.3, -0.25) is 9.48 Å². The van der Waals surface area contributed by atoms with Crippen molar-refractivity contribution in [2.45, 2.75) is 32.4 Å². The Kier molecular flexibility index (Phi) is 5.33. The molecule has 1 aliphatic heterocycles. The van der Waals surface area contributed by atoms with Crippen molar-refractivity contribution in [3.05, 3.63) is 77.1 Å². The van der Waals surface area contributed by atoms with Crippen LogP contribution >= 0.6 is 0 Å². The number of benzene rings is 1. The van der Waals surface area contributed by atoms with Crippen molar-refractivity contribution in [3.63, 3.8) is 0 Å². The topological polar surface area (TPSA) is 101 Å². The van der Waals surface area contributed by atoms with Gasteiger partial charge in [0, 0.05) is 43.2 Å². The molecule has 1 aliphatic rings. The Balaban J connectivity index is 1.51. The van der Waals surface area contributed by atoms with E-state index in [1.807, 2.05) is 18.2 Å². The van der Waals surface area contributed by atoms with Gasteiger partial charge >= 0.3 is 5.97 Å². The molecule has 8 nitrogen and oxygen atoms in total. The van der Waals surface area contributed by atoms with E-state index in [0.717, 1.165) is 18.5 Å². The van der Waals surface area contributed by atoms with Crippen LogP contribution in [0.5, 0.6) is 0 Å². The van der Waals surface area contributed by atoms with Crippen molar-refractivity contribution >= 4 is 11.9 Å². The highest BCUT2D eigenvalue weighted by Gasteiger charge is 2.30. The maximum atomic E-state index is 12.7. The fourth-order valence-electron chi connectivity index (χ4n) is 3.69. The van der Waals surface area contributed by atoms with Gasteiger partial charge in [-0.1, -0.05) is 30.3 Å². The molecule has 29 heavy (non-hydrogen) atoms. The molecule has 148 valence electrons. The largest absolute Gasteiger partial charge is 0.476 e. The predicted molar refractivity (Wildman–Crippen MR) is 104 cm³/mol. The number of carbonyl (C=O) groups excluding carboxylic acids is 1. The van der Waals surface area contributed by atoms with Gasteiger partial charge in [-0.15, -0.1) is 0 Å². The summed E-state index contributed by atoms with van der Waals surface area (Å²) in [5.74, 6) is -1.27. The first-order valence-corrected chi connectivity index (χ1v) is 9.53. The number of rotatable bonds is 6. The standard InChI is InChI=1S/C21H21N5O3/c27-20(16-11-22-14-23-12-16)25-10-8-18-17(13-25)19(21(28)29)24-26(18)9-4-7-15-5-2-1-3-6-15/h1-3,5-6,11-12,14H,4,7-10,13H2,(H,28,29). The molecule has 0 unspecified atom stereocenters. The Morgan fingerprint density at radius 2 is 1.86 bits per heavy atom. The smallest absolute Gasteiger partial charge is 0.356 e. The summed E-state index contributed by atoms with van der Waals surface area (Å²) in [4.78, 5) is 33.8. The molecular weight excluding hydrogens is 370 g/mol. The Labute approximate surface area is 167 Å². The number of aryl methyl sites for hydroxylation is 2. The first-order chi connectivity index (χ1) is 14.1. The average Bonchev–Trinajstić information content (AvgIpc) is 3.13. The number of amides is 1. The molecule has 0 radical (unpaired) electrons. The van der Waals surface area contributed by atoms with E-state index in [9.17, 15) is 14.7 Å². The second kappa shape index (κ2) is 8.22. The van der Waals surface area contributed by atoms with Crippen LogP contribution in [0.15, 0.2) is 49.1 Å². The molecule has 0 saturated heterocycles. The zero-order valence-electron chi connectivity index (χ0n) is 15.9. The van der Waals surface area contributed by atoms with Crippen LogP contribution in [0.1, 0.15) is 44.1 Å². The molecule has 0 spiro atoms. The monoisotopic (exact) mass is 391 g/mol. The minimum absolute atomic E-state index is 0.0292. The zero-order chi connectivity index (χ0) is 20.2. The molecule has 3 heterocycles. The first-order valence-electron chi connectivity index (χ1n) is 9.53. The van der Waals surface area contributed by atoms with Gasteiger partial charge in [-0.05, 0) is 18.4 Å². The highest BCUT2D eigenvalue weighted by atomic mass is 16.4. The van der Waals surface area contributed by atoms with E-state index in [-0.39, 0.29) is 18.1 Å². The molecule has 0 bridgehead atoms. The fraction of sp³-hybridized carbons (Fsp3) is 0.286. The maximum Gasteiger partial charge on any atom is 0.356 e. The van der Waals surface area contributed by atoms with Crippen LogP contribution in [0.2, 0.25) is 0 Å². The minimum atomic E-state index is -1.07. The summed E-state index contributed by atoms with van der Waals surface area (Å²) < 4.78 is 1.80. The van der Waals surface area contributed by atoms with Crippen LogP contribution in [0, 0.1) is 0 Å². The summed E-state index contributed by atoms with van der Waals surface area (Å²) in [5.41, 5.74) is 3.19. The van der Waals surface area contributed by atoms with Gasteiger partial charge in [0.05, 0.1) is 12.1 Å². The van der Waals surface area contributed by atoms with Crippen LogP contribution in [0.25, 0.3) is 0 Å². The van der Waals surface area contributed by atoms with E-state index in [1.165, 1.54) is 24.3 Å². The first kappa shape index (κ1) is 18.8. The third-order valence-corrected chi connectivity index (χ3v) is 5.11.